The number of furan rings is 1. The Bertz CT molecular complexity index is 1220. The van der Waals surface area contributed by atoms with E-state index in [1.54, 1.807) is 12.3 Å². The Morgan fingerprint density at radius 1 is 1.10 bits per heavy atom. The van der Waals surface area contributed by atoms with Gasteiger partial charge < -0.3 is 19.7 Å². The molecule has 1 atom stereocenters. The number of aromatic hydroxyl groups is 1. The summed E-state index contributed by atoms with van der Waals surface area (Å²) in [6.07, 6.45) is 3.94. The number of phenolic OH excluding ortho intramolecular Hbond substituents is 1. The van der Waals surface area contributed by atoms with Gasteiger partial charge in [0.15, 0.2) is 5.82 Å². The number of anilines is 1. The summed E-state index contributed by atoms with van der Waals surface area (Å²) in [5, 5.41) is 25.2. The second-order valence-corrected chi connectivity index (χ2v) is 8.40. The second kappa shape index (κ2) is 8.04. The van der Waals surface area contributed by atoms with Crippen LogP contribution in [0.25, 0.3) is 33.4 Å². The van der Waals surface area contributed by atoms with Crippen LogP contribution in [0.5, 0.6) is 5.75 Å². The molecule has 1 saturated heterocycles. The number of aryl methyl sites for hydroxylation is 1. The Morgan fingerprint density at radius 3 is 2.77 bits per heavy atom. The zero-order valence-corrected chi connectivity index (χ0v) is 17.8. The van der Waals surface area contributed by atoms with E-state index in [4.69, 9.17) is 4.42 Å². The number of likely N-dealkylation sites (tertiary alicyclic amines) is 1. The molecule has 1 aliphatic heterocycles. The molecule has 0 bridgehead atoms. The number of phenols is 1. The summed E-state index contributed by atoms with van der Waals surface area (Å²) in [4.78, 5) is 2.34. The highest BCUT2D eigenvalue weighted by Crippen LogP contribution is 2.37. The number of rotatable bonds is 4. The Balaban J connectivity index is 1.64. The van der Waals surface area contributed by atoms with E-state index in [9.17, 15) is 5.11 Å². The molecule has 0 saturated carbocycles. The van der Waals surface area contributed by atoms with Gasteiger partial charge in [-0.2, -0.15) is 0 Å². The smallest absolute Gasteiger partial charge is 0.156 e. The van der Waals surface area contributed by atoms with Crippen LogP contribution in [-0.2, 0) is 0 Å². The minimum Gasteiger partial charge on any atom is -0.507 e. The van der Waals surface area contributed by atoms with Gasteiger partial charge in [0.1, 0.15) is 17.2 Å². The largest absolute Gasteiger partial charge is 0.507 e. The van der Waals surface area contributed by atoms with Gasteiger partial charge in [-0.1, -0.05) is 18.2 Å². The van der Waals surface area contributed by atoms with E-state index in [1.807, 2.05) is 43.3 Å². The number of likely N-dealkylation sites (N-methyl/N-ethyl adjacent to an activating group) is 1. The van der Waals surface area contributed by atoms with Crippen molar-refractivity contribution < 1.29 is 9.52 Å². The predicted octanol–water partition coefficient (Wildman–Crippen LogP) is 5.08. The SMILES string of the molecule is Cc1ccc(-c2nnc(NC3CCCN(C)C3)c3cc(-c4ccco4)ccc23)c(O)c1. The van der Waals surface area contributed by atoms with E-state index in [0.29, 0.717) is 17.3 Å². The Hall–Kier alpha value is -3.38. The first-order valence-corrected chi connectivity index (χ1v) is 10.7. The van der Waals surface area contributed by atoms with Crippen molar-refractivity contribution in [3.8, 4) is 28.3 Å². The van der Waals surface area contributed by atoms with Crippen LogP contribution in [0, 0.1) is 6.92 Å². The highest BCUT2D eigenvalue weighted by atomic mass is 16.3. The standard InChI is InChI=1S/C25H26N4O2/c1-16-7-9-20(22(30)13-16)24-19-10-8-17(23-6-4-12-31-23)14-21(19)25(28-27-24)26-18-5-3-11-29(2)15-18/h4,6-10,12-14,18,30H,3,5,11,15H2,1-2H3,(H,26,28). The van der Waals surface area contributed by atoms with Crippen molar-refractivity contribution in [3.05, 3.63) is 60.4 Å². The number of hydrogen-bond donors (Lipinski definition) is 2. The first-order chi connectivity index (χ1) is 15.1. The van der Waals surface area contributed by atoms with E-state index in [2.05, 4.69) is 33.5 Å². The molecule has 0 aliphatic carbocycles. The van der Waals surface area contributed by atoms with Gasteiger partial charge >= 0.3 is 0 Å². The van der Waals surface area contributed by atoms with Crippen molar-refractivity contribution >= 4 is 16.6 Å². The van der Waals surface area contributed by atoms with Crippen LogP contribution in [0.3, 0.4) is 0 Å². The van der Waals surface area contributed by atoms with Crippen LogP contribution < -0.4 is 5.32 Å². The monoisotopic (exact) mass is 414 g/mol. The summed E-state index contributed by atoms with van der Waals surface area (Å²) in [6, 6.07) is 15.9. The van der Waals surface area contributed by atoms with Crippen molar-refractivity contribution in [3.63, 3.8) is 0 Å². The van der Waals surface area contributed by atoms with Crippen molar-refractivity contribution in [1.82, 2.24) is 15.1 Å². The molecular formula is C25H26N4O2. The molecular weight excluding hydrogens is 388 g/mol. The Morgan fingerprint density at radius 2 is 2.00 bits per heavy atom. The lowest BCUT2D eigenvalue weighted by Gasteiger charge is -2.30. The highest BCUT2D eigenvalue weighted by Gasteiger charge is 2.20. The van der Waals surface area contributed by atoms with Gasteiger partial charge in [-0.25, -0.2) is 0 Å². The lowest BCUT2D eigenvalue weighted by atomic mass is 9.99. The molecule has 2 aromatic carbocycles. The fourth-order valence-electron chi connectivity index (χ4n) is 4.38. The molecule has 0 radical (unpaired) electrons. The van der Waals surface area contributed by atoms with Gasteiger partial charge in [0.25, 0.3) is 0 Å². The zero-order valence-electron chi connectivity index (χ0n) is 17.8. The van der Waals surface area contributed by atoms with Crippen molar-refractivity contribution in [2.24, 2.45) is 0 Å². The number of nitrogens with one attached hydrogen (secondary N) is 1. The summed E-state index contributed by atoms with van der Waals surface area (Å²) in [7, 11) is 2.15. The van der Waals surface area contributed by atoms with Crippen LogP contribution >= 0.6 is 0 Å². The van der Waals surface area contributed by atoms with Gasteiger partial charge in [-0.05, 0) is 69.3 Å². The van der Waals surface area contributed by atoms with E-state index in [1.165, 1.54) is 0 Å². The number of piperidine rings is 1. The molecule has 31 heavy (non-hydrogen) atoms. The number of aromatic nitrogens is 2. The topological polar surface area (TPSA) is 74.4 Å². The lowest BCUT2D eigenvalue weighted by molar-refractivity contribution is 0.261. The minimum atomic E-state index is 0.209. The van der Waals surface area contributed by atoms with Crippen LogP contribution in [0.2, 0.25) is 0 Å². The van der Waals surface area contributed by atoms with Crippen molar-refractivity contribution in [2.45, 2.75) is 25.8 Å². The van der Waals surface area contributed by atoms with E-state index in [0.717, 1.165) is 59.4 Å². The van der Waals surface area contributed by atoms with E-state index in [-0.39, 0.29) is 5.75 Å². The maximum atomic E-state index is 10.6. The van der Waals surface area contributed by atoms with Gasteiger partial charge in [0.2, 0.25) is 0 Å². The number of fused-ring (bicyclic) bond motifs is 1. The van der Waals surface area contributed by atoms with Crippen LogP contribution in [-0.4, -0.2) is 46.4 Å². The average Bonchev–Trinajstić information content (AvgIpc) is 3.29. The van der Waals surface area contributed by atoms with E-state index < -0.39 is 0 Å². The third-order valence-electron chi connectivity index (χ3n) is 5.96. The molecule has 2 N–H and O–H groups in total. The first kappa shape index (κ1) is 19.6. The molecule has 6 nitrogen and oxygen atoms in total. The fourth-order valence-corrected chi connectivity index (χ4v) is 4.38. The third kappa shape index (κ3) is 3.86. The molecule has 0 amide bonds. The highest BCUT2D eigenvalue weighted by molar-refractivity contribution is 6.02. The molecule has 1 unspecified atom stereocenters. The van der Waals surface area contributed by atoms with Gasteiger partial charge in [-0.15, -0.1) is 10.2 Å². The van der Waals surface area contributed by atoms with Gasteiger partial charge in [0, 0.05) is 34.5 Å². The molecule has 2 aromatic heterocycles. The zero-order chi connectivity index (χ0) is 21.4. The Labute approximate surface area is 181 Å². The van der Waals surface area contributed by atoms with E-state index >= 15 is 0 Å². The first-order valence-electron chi connectivity index (χ1n) is 10.7. The van der Waals surface area contributed by atoms with Gasteiger partial charge in [0.05, 0.1) is 6.26 Å². The normalized spacial score (nSPS) is 17.2. The summed E-state index contributed by atoms with van der Waals surface area (Å²) in [5.74, 6) is 1.78. The lowest BCUT2D eigenvalue weighted by Crippen LogP contribution is -2.40. The van der Waals surface area contributed by atoms with Crippen LogP contribution in [0.1, 0.15) is 18.4 Å². The van der Waals surface area contributed by atoms with Gasteiger partial charge in [-0.3, -0.25) is 0 Å². The molecule has 1 fully saturated rings. The maximum absolute atomic E-state index is 10.6. The number of benzene rings is 2. The summed E-state index contributed by atoms with van der Waals surface area (Å²) in [6.45, 7) is 4.05. The maximum Gasteiger partial charge on any atom is 0.156 e. The van der Waals surface area contributed by atoms with Crippen LogP contribution in [0.15, 0.2) is 59.2 Å². The van der Waals surface area contributed by atoms with Crippen molar-refractivity contribution in [1.29, 1.82) is 0 Å². The minimum absolute atomic E-state index is 0.209. The number of nitrogens with zero attached hydrogens (tertiary/aromatic N) is 3. The summed E-state index contributed by atoms with van der Waals surface area (Å²) < 4.78 is 5.62. The summed E-state index contributed by atoms with van der Waals surface area (Å²) in [5.41, 5.74) is 3.33. The fraction of sp³-hybridized carbons (Fsp3) is 0.280. The average molecular weight is 415 g/mol. The summed E-state index contributed by atoms with van der Waals surface area (Å²) >= 11 is 0. The molecule has 6 heteroatoms. The molecule has 4 aromatic rings. The second-order valence-electron chi connectivity index (χ2n) is 8.40. The van der Waals surface area contributed by atoms with Crippen molar-refractivity contribution in [2.75, 3.05) is 25.5 Å². The Kier molecular flexibility index (Phi) is 5.08. The molecule has 1 aliphatic rings. The van der Waals surface area contributed by atoms with Crippen LogP contribution in [0.4, 0.5) is 5.82 Å². The molecule has 5 rings (SSSR count). The quantitative estimate of drug-likeness (QED) is 0.485. The molecule has 3 heterocycles. The third-order valence-corrected chi connectivity index (χ3v) is 5.96. The molecule has 158 valence electrons. The molecule has 0 spiro atoms. The number of hydrogen-bond acceptors (Lipinski definition) is 6. The predicted molar refractivity (Wildman–Crippen MR) is 123 cm³/mol.